The van der Waals surface area contributed by atoms with Gasteiger partial charge in [-0.25, -0.2) is 0 Å². The topological polar surface area (TPSA) is 72.7 Å². The summed E-state index contributed by atoms with van der Waals surface area (Å²) in [4.78, 5) is 16.9. The molecule has 0 atom stereocenters. The molecule has 1 aromatic carbocycles. The first-order valence-electron chi connectivity index (χ1n) is 7.40. The van der Waals surface area contributed by atoms with Gasteiger partial charge in [-0.3, -0.25) is 19.7 Å². The summed E-state index contributed by atoms with van der Waals surface area (Å²) in [5, 5.41) is 12.0. The molecular formula is C16H15N5O. The van der Waals surface area contributed by atoms with Gasteiger partial charge < -0.3 is 0 Å². The number of anilines is 1. The first-order valence-corrected chi connectivity index (χ1v) is 7.40. The summed E-state index contributed by atoms with van der Waals surface area (Å²) in [5.74, 6) is 1.29. The Bertz CT molecular complexity index is 849. The second-order valence-corrected chi connectivity index (χ2v) is 5.38. The van der Waals surface area contributed by atoms with E-state index in [9.17, 15) is 4.79 Å². The standard InChI is InChI=1S/C16H15N5O/c22-15(12-5-3-7-13-11(12)6-4-9-17-13)18-16-20-19-14-8-1-2-10-21(14)16/h3-7,9H,1-2,8,10H2,(H,18,20,22). The first kappa shape index (κ1) is 12.9. The van der Waals surface area contributed by atoms with E-state index in [4.69, 9.17) is 0 Å². The van der Waals surface area contributed by atoms with Crippen molar-refractivity contribution in [3.8, 4) is 0 Å². The van der Waals surface area contributed by atoms with Gasteiger partial charge >= 0.3 is 0 Å². The van der Waals surface area contributed by atoms with Gasteiger partial charge in [-0.15, -0.1) is 10.2 Å². The van der Waals surface area contributed by atoms with Gasteiger partial charge in [0.15, 0.2) is 0 Å². The molecular weight excluding hydrogens is 278 g/mol. The van der Waals surface area contributed by atoms with Gasteiger partial charge in [0.25, 0.3) is 5.91 Å². The Morgan fingerprint density at radius 2 is 2.09 bits per heavy atom. The van der Waals surface area contributed by atoms with Crippen molar-refractivity contribution in [2.45, 2.75) is 25.8 Å². The Morgan fingerprint density at radius 3 is 3.05 bits per heavy atom. The van der Waals surface area contributed by atoms with Gasteiger partial charge in [0.2, 0.25) is 5.95 Å². The summed E-state index contributed by atoms with van der Waals surface area (Å²) in [6, 6.07) is 9.26. The van der Waals surface area contributed by atoms with Crippen LogP contribution in [0.15, 0.2) is 36.5 Å². The fraction of sp³-hybridized carbons (Fsp3) is 0.250. The highest BCUT2D eigenvalue weighted by molar-refractivity contribution is 6.11. The molecule has 6 heteroatoms. The number of rotatable bonds is 2. The second-order valence-electron chi connectivity index (χ2n) is 5.38. The first-order chi connectivity index (χ1) is 10.8. The predicted molar refractivity (Wildman–Crippen MR) is 82.7 cm³/mol. The third kappa shape index (κ3) is 2.13. The van der Waals surface area contributed by atoms with Crippen molar-refractivity contribution in [1.82, 2.24) is 19.7 Å². The maximum Gasteiger partial charge on any atom is 0.258 e. The van der Waals surface area contributed by atoms with Gasteiger partial charge in [0.05, 0.1) is 5.52 Å². The fourth-order valence-corrected chi connectivity index (χ4v) is 2.87. The minimum absolute atomic E-state index is 0.181. The maximum atomic E-state index is 12.6. The van der Waals surface area contributed by atoms with Crippen molar-refractivity contribution in [3.63, 3.8) is 0 Å². The number of amides is 1. The molecule has 0 unspecified atom stereocenters. The number of benzene rings is 1. The number of hydrogen-bond acceptors (Lipinski definition) is 4. The molecule has 0 saturated heterocycles. The van der Waals surface area contributed by atoms with Gasteiger partial charge in [-0.2, -0.15) is 0 Å². The number of carbonyl (C=O) groups excluding carboxylic acids is 1. The van der Waals surface area contributed by atoms with E-state index in [-0.39, 0.29) is 5.91 Å². The van der Waals surface area contributed by atoms with Crippen molar-refractivity contribution in [1.29, 1.82) is 0 Å². The number of aryl methyl sites for hydroxylation is 1. The third-order valence-electron chi connectivity index (χ3n) is 3.98. The van der Waals surface area contributed by atoms with Gasteiger partial charge in [-0.05, 0) is 31.0 Å². The lowest BCUT2D eigenvalue weighted by atomic mass is 10.1. The van der Waals surface area contributed by atoms with E-state index >= 15 is 0 Å². The Hall–Kier alpha value is -2.76. The quantitative estimate of drug-likeness (QED) is 0.787. The molecule has 1 amide bonds. The molecule has 3 heterocycles. The third-order valence-corrected chi connectivity index (χ3v) is 3.98. The highest BCUT2D eigenvalue weighted by atomic mass is 16.1. The smallest absolute Gasteiger partial charge is 0.258 e. The summed E-state index contributed by atoms with van der Waals surface area (Å²) >= 11 is 0. The molecule has 0 fully saturated rings. The van der Waals surface area contributed by atoms with E-state index in [1.807, 2.05) is 28.8 Å². The zero-order valence-corrected chi connectivity index (χ0v) is 12.0. The molecule has 1 N–H and O–H groups in total. The second kappa shape index (κ2) is 5.22. The Labute approximate surface area is 127 Å². The average Bonchev–Trinajstić information content (AvgIpc) is 2.97. The van der Waals surface area contributed by atoms with E-state index in [1.54, 1.807) is 12.3 Å². The molecule has 0 aliphatic carbocycles. The summed E-state index contributed by atoms with van der Waals surface area (Å²) in [5.41, 5.74) is 1.40. The lowest BCUT2D eigenvalue weighted by Crippen LogP contribution is -2.19. The van der Waals surface area contributed by atoms with Gasteiger partial charge in [-0.1, -0.05) is 12.1 Å². The Morgan fingerprint density at radius 1 is 1.14 bits per heavy atom. The molecule has 1 aliphatic heterocycles. The van der Waals surface area contributed by atoms with Crippen LogP contribution in [0.3, 0.4) is 0 Å². The van der Waals surface area contributed by atoms with Crippen LogP contribution in [-0.4, -0.2) is 25.7 Å². The van der Waals surface area contributed by atoms with Crippen molar-refractivity contribution >= 4 is 22.8 Å². The summed E-state index contributed by atoms with van der Waals surface area (Å²) in [6.45, 7) is 0.856. The number of hydrogen-bond donors (Lipinski definition) is 1. The molecule has 22 heavy (non-hydrogen) atoms. The number of carbonyl (C=O) groups is 1. The minimum Gasteiger partial charge on any atom is -0.297 e. The molecule has 0 radical (unpaired) electrons. The summed E-state index contributed by atoms with van der Waals surface area (Å²) < 4.78 is 1.99. The molecule has 4 rings (SSSR count). The van der Waals surface area contributed by atoms with Crippen LogP contribution in [0.4, 0.5) is 5.95 Å². The highest BCUT2D eigenvalue weighted by Gasteiger charge is 2.18. The lowest BCUT2D eigenvalue weighted by Gasteiger charge is -2.15. The van der Waals surface area contributed by atoms with Crippen LogP contribution in [0.1, 0.15) is 29.0 Å². The van der Waals surface area contributed by atoms with E-state index in [2.05, 4.69) is 20.5 Å². The summed E-state index contributed by atoms with van der Waals surface area (Å²) in [6.07, 6.45) is 4.85. The zero-order valence-electron chi connectivity index (χ0n) is 12.0. The van der Waals surface area contributed by atoms with Crippen molar-refractivity contribution in [2.24, 2.45) is 0 Å². The molecule has 1 aliphatic rings. The van der Waals surface area contributed by atoms with Crippen LogP contribution in [0, 0.1) is 0 Å². The Kier molecular flexibility index (Phi) is 3.07. The summed E-state index contributed by atoms with van der Waals surface area (Å²) in [7, 11) is 0. The van der Waals surface area contributed by atoms with E-state index < -0.39 is 0 Å². The van der Waals surface area contributed by atoms with Crippen LogP contribution < -0.4 is 5.32 Å². The van der Waals surface area contributed by atoms with Crippen LogP contribution in [0.2, 0.25) is 0 Å². The SMILES string of the molecule is O=C(Nc1nnc2n1CCCC2)c1cccc2ncccc12. The zero-order chi connectivity index (χ0) is 14.9. The molecule has 2 aromatic heterocycles. The van der Waals surface area contributed by atoms with Crippen LogP contribution >= 0.6 is 0 Å². The van der Waals surface area contributed by atoms with Crippen molar-refractivity contribution in [3.05, 3.63) is 47.9 Å². The maximum absolute atomic E-state index is 12.6. The predicted octanol–water partition coefficient (Wildman–Crippen LogP) is 2.41. The molecule has 6 nitrogen and oxygen atoms in total. The number of nitrogens with one attached hydrogen (secondary N) is 1. The molecule has 110 valence electrons. The number of aromatic nitrogens is 4. The monoisotopic (exact) mass is 293 g/mol. The number of pyridine rings is 1. The van der Waals surface area contributed by atoms with Crippen LogP contribution in [0.5, 0.6) is 0 Å². The largest absolute Gasteiger partial charge is 0.297 e. The number of fused-ring (bicyclic) bond motifs is 2. The van der Waals surface area contributed by atoms with Gasteiger partial charge in [0.1, 0.15) is 5.82 Å². The Balaban J connectivity index is 1.68. The van der Waals surface area contributed by atoms with E-state index in [0.29, 0.717) is 11.5 Å². The van der Waals surface area contributed by atoms with E-state index in [1.165, 1.54) is 0 Å². The number of nitrogens with zero attached hydrogens (tertiary/aromatic N) is 4. The molecule has 3 aromatic rings. The molecule has 0 spiro atoms. The highest BCUT2D eigenvalue weighted by Crippen LogP contribution is 2.20. The minimum atomic E-state index is -0.181. The normalized spacial score (nSPS) is 13.8. The molecule has 0 bridgehead atoms. The van der Waals surface area contributed by atoms with Crippen molar-refractivity contribution < 1.29 is 4.79 Å². The molecule has 0 saturated carbocycles. The van der Waals surface area contributed by atoms with Crippen LogP contribution in [-0.2, 0) is 13.0 Å². The van der Waals surface area contributed by atoms with E-state index in [0.717, 1.165) is 42.5 Å². The lowest BCUT2D eigenvalue weighted by molar-refractivity contribution is 0.102. The van der Waals surface area contributed by atoms with Crippen LogP contribution in [0.25, 0.3) is 10.9 Å². The van der Waals surface area contributed by atoms with Gasteiger partial charge in [0, 0.05) is 30.1 Å². The van der Waals surface area contributed by atoms with Crippen molar-refractivity contribution in [2.75, 3.05) is 5.32 Å². The average molecular weight is 293 g/mol. The fourth-order valence-electron chi connectivity index (χ4n) is 2.87.